The molecule has 0 radical (unpaired) electrons. The highest BCUT2D eigenvalue weighted by Gasteiger charge is 2.30. The van der Waals surface area contributed by atoms with E-state index in [-0.39, 0.29) is 5.97 Å². The molecule has 1 N–H and O–H groups in total. The third-order valence-corrected chi connectivity index (χ3v) is 4.42. The van der Waals surface area contributed by atoms with Crippen LogP contribution in [0.1, 0.15) is 103 Å². The van der Waals surface area contributed by atoms with E-state index in [1.54, 1.807) is 0 Å². The highest BCUT2D eigenvalue weighted by Crippen LogP contribution is 2.26. The number of carbonyl (C=O) groups excluding carboxylic acids is 1. The summed E-state index contributed by atoms with van der Waals surface area (Å²) < 4.78 is 5.45. The van der Waals surface area contributed by atoms with Crippen LogP contribution >= 0.6 is 0 Å². The first-order valence-electron chi connectivity index (χ1n) is 9.10. The minimum Gasteiger partial charge on any atom is -0.433 e. The van der Waals surface area contributed by atoms with Gasteiger partial charge in [-0.1, -0.05) is 64.7 Å². The maximum absolute atomic E-state index is 11.9. The number of carbonyl (C=O) groups is 1. The summed E-state index contributed by atoms with van der Waals surface area (Å²) in [6.45, 7) is 2.17. The number of unbranched alkanes of at least 4 members (excludes halogenated alkanes) is 3. The molecule has 0 saturated carbocycles. The lowest BCUT2D eigenvalue weighted by Gasteiger charge is -2.28. The smallest absolute Gasteiger partial charge is 0.308 e. The zero-order valence-corrected chi connectivity index (χ0v) is 13.9. The van der Waals surface area contributed by atoms with E-state index in [0.29, 0.717) is 19.3 Å². The van der Waals surface area contributed by atoms with Gasteiger partial charge in [0.15, 0.2) is 0 Å². The van der Waals surface area contributed by atoms with Crippen molar-refractivity contribution >= 4 is 5.97 Å². The minimum absolute atomic E-state index is 0.216. The second-order valence-electron chi connectivity index (χ2n) is 6.56. The summed E-state index contributed by atoms with van der Waals surface area (Å²) in [5, 5.41) is 10.7. The van der Waals surface area contributed by atoms with Crippen molar-refractivity contribution in [3.63, 3.8) is 0 Å². The summed E-state index contributed by atoms with van der Waals surface area (Å²) in [5.41, 5.74) is 0. The van der Waals surface area contributed by atoms with Gasteiger partial charge in [0, 0.05) is 19.3 Å². The SMILES string of the molecule is CCCCCCC1(O)CCCCCCCCCCC(=O)O1. The van der Waals surface area contributed by atoms with Crippen LogP contribution < -0.4 is 0 Å². The molecule has 0 amide bonds. The second-order valence-corrected chi connectivity index (χ2v) is 6.56. The van der Waals surface area contributed by atoms with Gasteiger partial charge in [-0.2, -0.15) is 0 Å². The normalized spacial score (nSPS) is 26.3. The average Bonchev–Trinajstić information content (AvgIpc) is 2.46. The van der Waals surface area contributed by atoms with Crippen LogP contribution in [-0.2, 0) is 9.53 Å². The second kappa shape index (κ2) is 11.1. The molecule has 124 valence electrons. The fourth-order valence-corrected chi connectivity index (χ4v) is 3.05. The summed E-state index contributed by atoms with van der Waals surface area (Å²) in [5.74, 6) is -1.42. The van der Waals surface area contributed by atoms with Gasteiger partial charge in [0.1, 0.15) is 0 Å². The lowest BCUT2D eigenvalue weighted by molar-refractivity contribution is -0.215. The summed E-state index contributed by atoms with van der Waals surface area (Å²) in [6, 6.07) is 0. The Hall–Kier alpha value is -0.570. The van der Waals surface area contributed by atoms with Crippen LogP contribution in [0, 0.1) is 0 Å². The van der Waals surface area contributed by atoms with Crippen molar-refractivity contribution in [3.05, 3.63) is 0 Å². The topological polar surface area (TPSA) is 46.5 Å². The third kappa shape index (κ3) is 9.13. The minimum atomic E-state index is -1.21. The van der Waals surface area contributed by atoms with Crippen LogP contribution in [0.2, 0.25) is 0 Å². The number of ether oxygens (including phenoxy) is 1. The first-order chi connectivity index (χ1) is 10.2. The number of esters is 1. The van der Waals surface area contributed by atoms with Gasteiger partial charge < -0.3 is 9.84 Å². The molecule has 1 fully saturated rings. The summed E-state index contributed by atoms with van der Waals surface area (Å²) in [6.07, 6.45) is 15.2. The fraction of sp³-hybridized carbons (Fsp3) is 0.944. The van der Waals surface area contributed by atoms with Gasteiger partial charge in [0.05, 0.1) is 0 Å². The maximum Gasteiger partial charge on any atom is 0.308 e. The molecule has 0 aromatic rings. The van der Waals surface area contributed by atoms with E-state index < -0.39 is 5.79 Å². The zero-order chi connectivity index (χ0) is 15.4. The Kier molecular flexibility index (Phi) is 9.73. The monoisotopic (exact) mass is 298 g/mol. The molecular formula is C18H34O3. The van der Waals surface area contributed by atoms with Gasteiger partial charge in [-0.15, -0.1) is 0 Å². The highest BCUT2D eigenvalue weighted by molar-refractivity contribution is 5.69. The van der Waals surface area contributed by atoms with Crippen LogP contribution in [0.5, 0.6) is 0 Å². The highest BCUT2D eigenvalue weighted by atomic mass is 16.7. The van der Waals surface area contributed by atoms with Crippen molar-refractivity contribution in [2.24, 2.45) is 0 Å². The first-order valence-corrected chi connectivity index (χ1v) is 9.10. The van der Waals surface area contributed by atoms with E-state index in [9.17, 15) is 9.90 Å². The van der Waals surface area contributed by atoms with Gasteiger partial charge in [-0.3, -0.25) is 4.79 Å². The van der Waals surface area contributed by atoms with Crippen LogP contribution in [0.4, 0.5) is 0 Å². The molecule has 21 heavy (non-hydrogen) atoms. The predicted molar refractivity (Wildman–Crippen MR) is 86.0 cm³/mol. The van der Waals surface area contributed by atoms with E-state index in [0.717, 1.165) is 38.5 Å². The van der Waals surface area contributed by atoms with E-state index in [1.807, 2.05) is 0 Å². The quantitative estimate of drug-likeness (QED) is 0.567. The Morgan fingerprint density at radius 1 is 0.952 bits per heavy atom. The van der Waals surface area contributed by atoms with Crippen LogP contribution in [0.15, 0.2) is 0 Å². The lowest BCUT2D eigenvalue weighted by atomic mass is 9.99. The van der Waals surface area contributed by atoms with Gasteiger partial charge in [-0.05, 0) is 19.3 Å². The number of hydrogen-bond acceptors (Lipinski definition) is 3. The van der Waals surface area contributed by atoms with Crippen molar-refractivity contribution in [3.8, 4) is 0 Å². The molecule has 1 rings (SSSR count). The molecule has 1 aliphatic rings. The van der Waals surface area contributed by atoms with Gasteiger partial charge >= 0.3 is 5.97 Å². The zero-order valence-electron chi connectivity index (χ0n) is 13.9. The van der Waals surface area contributed by atoms with Crippen LogP contribution in [0.3, 0.4) is 0 Å². The number of hydrogen-bond donors (Lipinski definition) is 1. The average molecular weight is 298 g/mol. The summed E-state index contributed by atoms with van der Waals surface area (Å²) >= 11 is 0. The van der Waals surface area contributed by atoms with Crippen molar-refractivity contribution in [1.29, 1.82) is 0 Å². The Labute approximate surface area is 130 Å². The summed E-state index contributed by atoms with van der Waals surface area (Å²) in [4.78, 5) is 11.9. The molecule has 0 aliphatic carbocycles. The fourth-order valence-electron chi connectivity index (χ4n) is 3.05. The van der Waals surface area contributed by atoms with E-state index in [2.05, 4.69) is 6.92 Å². The number of cyclic esters (lactones) is 1. The van der Waals surface area contributed by atoms with Crippen molar-refractivity contribution in [2.45, 2.75) is 109 Å². The number of aliphatic hydroxyl groups is 1. The Balaban J connectivity index is 2.47. The molecule has 1 saturated heterocycles. The molecule has 0 spiro atoms. The molecule has 3 nitrogen and oxygen atoms in total. The Bertz CT molecular complexity index is 278. The Morgan fingerprint density at radius 3 is 2.24 bits per heavy atom. The maximum atomic E-state index is 11.9. The molecule has 1 atom stereocenters. The van der Waals surface area contributed by atoms with E-state index in [1.165, 1.54) is 38.5 Å². The molecule has 3 heteroatoms. The molecule has 0 aromatic heterocycles. The third-order valence-electron chi connectivity index (χ3n) is 4.42. The van der Waals surface area contributed by atoms with Gasteiger partial charge in [0.25, 0.3) is 0 Å². The molecular weight excluding hydrogens is 264 g/mol. The summed E-state index contributed by atoms with van der Waals surface area (Å²) in [7, 11) is 0. The van der Waals surface area contributed by atoms with E-state index in [4.69, 9.17) is 4.74 Å². The molecule has 0 bridgehead atoms. The van der Waals surface area contributed by atoms with Crippen molar-refractivity contribution in [2.75, 3.05) is 0 Å². The van der Waals surface area contributed by atoms with Crippen molar-refractivity contribution < 1.29 is 14.6 Å². The van der Waals surface area contributed by atoms with Crippen LogP contribution in [0.25, 0.3) is 0 Å². The molecule has 1 unspecified atom stereocenters. The first kappa shape index (κ1) is 18.5. The largest absolute Gasteiger partial charge is 0.433 e. The lowest BCUT2D eigenvalue weighted by Crippen LogP contribution is -2.35. The predicted octanol–water partition coefficient (Wildman–Crippen LogP) is 5.10. The Morgan fingerprint density at radius 2 is 1.57 bits per heavy atom. The standard InChI is InChI=1S/C18H34O3/c1-2-3-4-12-15-18(20)16-13-10-8-6-5-7-9-11-14-17(19)21-18/h20H,2-16H2,1H3. The van der Waals surface area contributed by atoms with Crippen molar-refractivity contribution in [1.82, 2.24) is 0 Å². The van der Waals surface area contributed by atoms with Gasteiger partial charge in [0.2, 0.25) is 5.79 Å². The van der Waals surface area contributed by atoms with Gasteiger partial charge in [-0.25, -0.2) is 0 Å². The molecule has 1 heterocycles. The van der Waals surface area contributed by atoms with E-state index >= 15 is 0 Å². The molecule has 0 aromatic carbocycles. The molecule has 1 aliphatic heterocycles. The number of rotatable bonds is 5. The van der Waals surface area contributed by atoms with Crippen LogP contribution in [-0.4, -0.2) is 16.9 Å².